The van der Waals surface area contributed by atoms with E-state index in [0.29, 0.717) is 0 Å². The van der Waals surface area contributed by atoms with E-state index >= 15 is 0 Å². The van der Waals surface area contributed by atoms with E-state index in [-0.39, 0.29) is 16.5 Å². The van der Waals surface area contributed by atoms with E-state index in [9.17, 15) is 45.9 Å². The highest BCUT2D eigenvalue weighted by atomic mass is 35.5. The fourth-order valence-electron chi connectivity index (χ4n) is 3.48. The van der Waals surface area contributed by atoms with E-state index in [2.05, 4.69) is 0 Å². The van der Waals surface area contributed by atoms with Gasteiger partial charge in [0.15, 0.2) is 6.29 Å². The molecule has 2 fully saturated rings. The number of nitro groups is 1. The van der Waals surface area contributed by atoms with E-state index in [1.807, 2.05) is 0 Å². The van der Waals surface area contributed by atoms with Gasteiger partial charge in [-0.25, -0.2) is 0 Å². The molecule has 0 aliphatic carbocycles. The fourth-order valence-corrected chi connectivity index (χ4v) is 3.70. The summed E-state index contributed by atoms with van der Waals surface area (Å²) in [6, 6.07) is 3.27. The molecule has 0 amide bonds. The van der Waals surface area contributed by atoms with Gasteiger partial charge in [-0.2, -0.15) is 0 Å². The maximum Gasteiger partial charge on any atom is 0.271 e. The van der Waals surface area contributed by atoms with Gasteiger partial charge in [0.05, 0.1) is 23.2 Å². The lowest BCUT2D eigenvalue weighted by molar-refractivity contribution is -0.384. The summed E-state index contributed by atoms with van der Waals surface area (Å²) in [4.78, 5) is 10.2. The van der Waals surface area contributed by atoms with Gasteiger partial charge in [0.1, 0.15) is 54.6 Å². The van der Waals surface area contributed by atoms with E-state index in [1.54, 1.807) is 0 Å². The molecule has 10 atom stereocenters. The highest BCUT2D eigenvalue weighted by Crippen LogP contribution is 2.33. The Morgan fingerprint density at radius 1 is 0.909 bits per heavy atom. The largest absolute Gasteiger partial charge is 0.460 e. The maximum absolute atomic E-state index is 10.8. The summed E-state index contributed by atoms with van der Waals surface area (Å²) in [6.07, 6.45) is -16.1. The summed E-state index contributed by atoms with van der Waals surface area (Å²) in [5, 5.41) is 80.5. The number of hydrogen-bond donors (Lipinski definition) is 7. The van der Waals surface area contributed by atoms with Crippen LogP contribution in [0.5, 0.6) is 5.75 Å². The van der Waals surface area contributed by atoms with Crippen LogP contribution in [0, 0.1) is 10.1 Å². The molecule has 15 heteroatoms. The van der Waals surface area contributed by atoms with Gasteiger partial charge in [-0.1, -0.05) is 11.6 Å². The molecular formula is C18H24ClNO13. The predicted octanol–water partition coefficient (Wildman–Crippen LogP) is -2.75. The number of ether oxygens (including phenoxy) is 4. The first kappa shape index (κ1) is 25.9. The number of benzene rings is 1. The minimum atomic E-state index is -1.79. The third kappa shape index (κ3) is 5.36. The summed E-state index contributed by atoms with van der Waals surface area (Å²) >= 11 is 5.96. The molecule has 2 aliphatic heterocycles. The first-order valence-corrected chi connectivity index (χ1v) is 10.2. The molecule has 0 unspecified atom stereocenters. The highest BCUT2D eigenvalue weighted by Gasteiger charge is 2.51. The first-order chi connectivity index (χ1) is 15.6. The Bertz CT molecular complexity index is 827. The average Bonchev–Trinajstić information content (AvgIpc) is 2.79. The lowest BCUT2D eigenvalue weighted by Gasteiger charge is -2.45. The Morgan fingerprint density at radius 2 is 1.52 bits per heavy atom. The van der Waals surface area contributed by atoms with Crippen molar-refractivity contribution in [3.63, 3.8) is 0 Å². The zero-order valence-electron chi connectivity index (χ0n) is 16.8. The van der Waals surface area contributed by atoms with Gasteiger partial charge >= 0.3 is 0 Å². The zero-order chi connectivity index (χ0) is 24.4. The molecule has 0 bridgehead atoms. The monoisotopic (exact) mass is 497 g/mol. The van der Waals surface area contributed by atoms with Crippen LogP contribution in [-0.4, -0.2) is 115 Å². The van der Waals surface area contributed by atoms with Crippen LogP contribution < -0.4 is 4.74 Å². The van der Waals surface area contributed by atoms with Crippen LogP contribution in [0.15, 0.2) is 18.2 Å². The van der Waals surface area contributed by atoms with Gasteiger partial charge in [0.2, 0.25) is 6.29 Å². The van der Waals surface area contributed by atoms with Gasteiger partial charge in [-0.3, -0.25) is 10.1 Å². The second-order valence-electron chi connectivity index (χ2n) is 7.49. The number of hydrogen-bond acceptors (Lipinski definition) is 13. The molecule has 1 aromatic carbocycles. The number of non-ortho nitro benzene ring substituents is 1. The second-order valence-corrected chi connectivity index (χ2v) is 7.90. The summed E-state index contributed by atoms with van der Waals surface area (Å²) in [5.74, 6) is -0.108. The third-order valence-corrected chi connectivity index (χ3v) is 5.63. The molecule has 0 spiro atoms. The quantitative estimate of drug-likeness (QED) is 0.150. The minimum absolute atomic E-state index is 0.108. The number of nitrogens with zero attached hydrogens (tertiary/aromatic N) is 1. The summed E-state index contributed by atoms with van der Waals surface area (Å²) in [7, 11) is 0. The Kier molecular flexibility index (Phi) is 8.41. The summed E-state index contributed by atoms with van der Waals surface area (Å²) in [5.41, 5.74) is -0.307. The second kappa shape index (κ2) is 10.7. The molecule has 186 valence electrons. The van der Waals surface area contributed by atoms with Gasteiger partial charge in [-0.05, 0) is 6.07 Å². The predicted molar refractivity (Wildman–Crippen MR) is 105 cm³/mol. The number of rotatable bonds is 7. The Labute approximate surface area is 191 Å². The van der Waals surface area contributed by atoms with Gasteiger partial charge in [-0.15, -0.1) is 0 Å². The van der Waals surface area contributed by atoms with Crippen LogP contribution in [0.25, 0.3) is 0 Å². The normalized spacial score (nSPS) is 39.3. The third-order valence-electron chi connectivity index (χ3n) is 5.33. The standard InChI is InChI=1S/C18H24ClNO13/c19-7-3-6(20(28)29)1-2-8(7)30-17-15(27)13(25)16(10(5-22)32-17)33-18-14(26)12(24)11(23)9(4-21)31-18/h1-3,9-18,21-27H,4-5H2/t9-,10-,11-,12+,13-,14-,15-,16-,17-,18+/m1/s1. The lowest BCUT2D eigenvalue weighted by Crippen LogP contribution is -2.65. The Balaban J connectivity index is 1.73. The molecule has 0 saturated carbocycles. The van der Waals surface area contributed by atoms with E-state index in [4.69, 9.17) is 30.5 Å². The zero-order valence-corrected chi connectivity index (χ0v) is 17.6. The molecule has 0 radical (unpaired) electrons. The average molecular weight is 498 g/mol. The number of aliphatic hydroxyl groups excluding tert-OH is 7. The van der Waals surface area contributed by atoms with Crippen molar-refractivity contribution in [2.24, 2.45) is 0 Å². The number of nitro benzene ring substituents is 1. The molecule has 0 aromatic heterocycles. The van der Waals surface area contributed by atoms with Crippen molar-refractivity contribution < 1.29 is 59.6 Å². The lowest BCUT2D eigenvalue weighted by atomic mass is 9.97. The molecule has 2 saturated heterocycles. The van der Waals surface area contributed by atoms with Gasteiger partial charge < -0.3 is 54.7 Å². The summed E-state index contributed by atoms with van der Waals surface area (Å²) in [6.45, 7) is -1.47. The van der Waals surface area contributed by atoms with Crippen molar-refractivity contribution >= 4 is 17.3 Å². The van der Waals surface area contributed by atoms with Crippen LogP contribution >= 0.6 is 11.6 Å². The number of halogens is 1. The van der Waals surface area contributed by atoms with Crippen molar-refractivity contribution in [2.45, 2.75) is 61.4 Å². The molecule has 1 aromatic rings. The van der Waals surface area contributed by atoms with Crippen molar-refractivity contribution in [2.75, 3.05) is 13.2 Å². The van der Waals surface area contributed by atoms with Gasteiger partial charge in [0.25, 0.3) is 5.69 Å². The molecule has 3 rings (SSSR count). The van der Waals surface area contributed by atoms with Crippen LogP contribution in [0.4, 0.5) is 5.69 Å². The molecule has 33 heavy (non-hydrogen) atoms. The van der Waals surface area contributed by atoms with Crippen molar-refractivity contribution in [1.82, 2.24) is 0 Å². The van der Waals surface area contributed by atoms with Crippen molar-refractivity contribution in [3.05, 3.63) is 33.3 Å². The van der Waals surface area contributed by atoms with Crippen LogP contribution in [0.2, 0.25) is 5.02 Å². The molecule has 7 N–H and O–H groups in total. The topological polar surface area (TPSA) is 222 Å². The Hall–Kier alpha value is -1.69. The molecular weight excluding hydrogens is 474 g/mol. The molecule has 2 aliphatic rings. The SMILES string of the molecule is O=[N+]([O-])c1ccc(O[C@@H]2O[C@H](CO)[C@@H](O[C@@H]3O[C@H](CO)[C@@H](O)[C@H](O)[C@H]3O)[C@H](O)[C@H]2O)c(Cl)c1. The maximum atomic E-state index is 10.8. The van der Waals surface area contributed by atoms with E-state index < -0.39 is 79.5 Å². The van der Waals surface area contributed by atoms with E-state index in [0.717, 1.165) is 18.2 Å². The van der Waals surface area contributed by atoms with Crippen LogP contribution in [-0.2, 0) is 14.2 Å². The molecule has 14 nitrogen and oxygen atoms in total. The van der Waals surface area contributed by atoms with Gasteiger partial charge in [0, 0.05) is 12.1 Å². The summed E-state index contributed by atoms with van der Waals surface area (Å²) < 4.78 is 21.5. The highest BCUT2D eigenvalue weighted by molar-refractivity contribution is 6.32. The van der Waals surface area contributed by atoms with Crippen LogP contribution in [0.3, 0.4) is 0 Å². The molecule has 2 heterocycles. The van der Waals surface area contributed by atoms with E-state index in [1.165, 1.54) is 0 Å². The van der Waals surface area contributed by atoms with Crippen molar-refractivity contribution in [3.8, 4) is 5.75 Å². The van der Waals surface area contributed by atoms with Crippen molar-refractivity contribution in [1.29, 1.82) is 0 Å². The van der Waals surface area contributed by atoms with Crippen LogP contribution in [0.1, 0.15) is 0 Å². The number of aliphatic hydroxyl groups is 7. The first-order valence-electron chi connectivity index (χ1n) is 9.78. The Morgan fingerprint density at radius 3 is 2.09 bits per heavy atom. The fraction of sp³-hybridized carbons (Fsp3) is 0.667. The minimum Gasteiger partial charge on any atom is -0.460 e. The smallest absolute Gasteiger partial charge is 0.271 e.